The summed E-state index contributed by atoms with van der Waals surface area (Å²) in [6.07, 6.45) is 1.58. The van der Waals surface area contributed by atoms with Gasteiger partial charge in [-0.25, -0.2) is 9.67 Å². The summed E-state index contributed by atoms with van der Waals surface area (Å²) >= 11 is 1.66. The van der Waals surface area contributed by atoms with Gasteiger partial charge in [-0.15, -0.1) is 0 Å². The van der Waals surface area contributed by atoms with Crippen LogP contribution in [0.2, 0.25) is 0 Å². The van der Waals surface area contributed by atoms with Crippen molar-refractivity contribution in [3.8, 4) is 0 Å². The first-order valence-electron chi connectivity index (χ1n) is 6.02. The minimum absolute atomic E-state index is 0.887. The Morgan fingerprint density at radius 1 is 1.39 bits per heavy atom. The third-order valence-electron chi connectivity index (χ3n) is 2.65. The van der Waals surface area contributed by atoms with Crippen molar-refractivity contribution < 1.29 is 0 Å². The highest BCUT2D eigenvalue weighted by Gasteiger charge is 2.08. The van der Waals surface area contributed by atoms with Crippen molar-refractivity contribution in [2.24, 2.45) is 7.05 Å². The maximum Gasteiger partial charge on any atom is 0.190 e. The monoisotopic (exact) mass is 262 g/mol. The minimum Gasteiger partial charge on any atom is -0.313 e. The van der Waals surface area contributed by atoms with Gasteiger partial charge in [-0.3, -0.25) is 0 Å². The maximum absolute atomic E-state index is 4.25. The molecule has 0 bridgehead atoms. The zero-order valence-electron chi connectivity index (χ0n) is 11.0. The number of aryl methyl sites for hydroxylation is 2. The summed E-state index contributed by atoms with van der Waals surface area (Å²) in [4.78, 5) is 5.48. The van der Waals surface area contributed by atoms with Crippen LogP contribution in [-0.2, 0) is 13.6 Å². The van der Waals surface area contributed by atoms with Crippen LogP contribution in [0.1, 0.15) is 18.1 Å². The van der Waals surface area contributed by atoms with Crippen LogP contribution in [0, 0.1) is 6.92 Å². The first-order chi connectivity index (χ1) is 8.70. The lowest BCUT2D eigenvalue weighted by molar-refractivity contribution is 0.684. The third kappa shape index (κ3) is 3.11. The number of aromatic nitrogens is 3. The summed E-state index contributed by atoms with van der Waals surface area (Å²) in [5.41, 5.74) is 2.59. The van der Waals surface area contributed by atoms with Gasteiger partial charge in [-0.05, 0) is 36.9 Å². The SMILES string of the molecule is CCNCc1cc(C)ccc1Sc1ncnn1C. The molecule has 5 heteroatoms. The van der Waals surface area contributed by atoms with E-state index in [1.807, 2.05) is 7.05 Å². The molecule has 0 amide bonds. The van der Waals surface area contributed by atoms with Gasteiger partial charge in [0.05, 0.1) is 0 Å². The highest BCUT2D eigenvalue weighted by Crippen LogP contribution is 2.29. The molecule has 0 aliphatic rings. The van der Waals surface area contributed by atoms with E-state index in [1.54, 1.807) is 22.8 Å². The van der Waals surface area contributed by atoms with Crippen LogP contribution in [0.3, 0.4) is 0 Å². The van der Waals surface area contributed by atoms with Gasteiger partial charge in [0.1, 0.15) is 6.33 Å². The molecule has 1 N–H and O–H groups in total. The van der Waals surface area contributed by atoms with Crippen molar-refractivity contribution >= 4 is 11.8 Å². The van der Waals surface area contributed by atoms with E-state index in [-0.39, 0.29) is 0 Å². The summed E-state index contributed by atoms with van der Waals surface area (Å²) < 4.78 is 1.79. The van der Waals surface area contributed by atoms with Crippen LogP contribution in [0.25, 0.3) is 0 Å². The molecule has 0 radical (unpaired) electrons. The van der Waals surface area contributed by atoms with Crippen molar-refractivity contribution in [3.63, 3.8) is 0 Å². The van der Waals surface area contributed by atoms with Gasteiger partial charge < -0.3 is 5.32 Å². The molecule has 0 spiro atoms. The number of nitrogens with one attached hydrogen (secondary N) is 1. The van der Waals surface area contributed by atoms with Gasteiger partial charge in [0.25, 0.3) is 0 Å². The molecule has 0 saturated heterocycles. The molecular weight excluding hydrogens is 244 g/mol. The highest BCUT2D eigenvalue weighted by atomic mass is 32.2. The molecule has 1 heterocycles. The Balaban J connectivity index is 2.23. The second kappa shape index (κ2) is 6.02. The van der Waals surface area contributed by atoms with E-state index in [4.69, 9.17) is 0 Å². The largest absolute Gasteiger partial charge is 0.313 e. The van der Waals surface area contributed by atoms with Gasteiger partial charge in [-0.2, -0.15) is 5.10 Å². The van der Waals surface area contributed by atoms with E-state index in [0.717, 1.165) is 18.2 Å². The molecule has 1 aromatic carbocycles. The van der Waals surface area contributed by atoms with Crippen molar-refractivity contribution in [3.05, 3.63) is 35.7 Å². The Kier molecular flexibility index (Phi) is 4.38. The fourth-order valence-corrected chi connectivity index (χ4v) is 2.56. The van der Waals surface area contributed by atoms with Crippen molar-refractivity contribution in [2.75, 3.05) is 6.54 Å². The van der Waals surface area contributed by atoms with Crippen LogP contribution in [0.4, 0.5) is 0 Å². The zero-order chi connectivity index (χ0) is 13.0. The van der Waals surface area contributed by atoms with E-state index in [2.05, 4.69) is 47.4 Å². The fourth-order valence-electron chi connectivity index (χ4n) is 1.68. The first-order valence-corrected chi connectivity index (χ1v) is 6.84. The summed E-state index contributed by atoms with van der Waals surface area (Å²) in [6.45, 7) is 6.10. The van der Waals surface area contributed by atoms with Crippen molar-refractivity contribution in [2.45, 2.75) is 30.4 Å². The van der Waals surface area contributed by atoms with Crippen LogP contribution in [-0.4, -0.2) is 21.3 Å². The number of rotatable bonds is 5. The van der Waals surface area contributed by atoms with E-state index in [1.165, 1.54) is 16.0 Å². The average Bonchev–Trinajstić information content (AvgIpc) is 2.75. The summed E-state index contributed by atoms with van der Waals surface area (Å²) in [6, 6.07) is 6.51. The lowest BCUT2D eigenvalue weighted by Crippen LogP contribution is -2.12. The van der Waals surface area contributed by atoms with E-state index < -0.39 is 0 Å². The van der Waals surface area contributed by atoms with E-state index in [0.29, 0.717) is 0 Å². The number of hydrogen-bond acceptors (Lipinski definition) is 4. The molecule has 0 saturated carbocycles. The molecule has 1 aromatic heterocycles. The summed E-state index contributed by atoms with van der Waals surface area (Å²) in [5.74, 6) is 0. The van der Waals surface area contributed by atoms with Crippen molar-refractivity contribution in [1.29, 1.82) is 0 Å². The van der Waals surface area contributed by atoms with Crippen LogP contribution >= 0.6 is 11.8 Å². The topological polar surface area (TPSA) is 42.7 Å². The quantitative estimate of drug-likeness (QED) is 0.898. The molecular formula is C13H18N4S. The number of nitrogens with zero attached hydrogens (tertiary/aromatic N) is 3. The van der Waals surface area contributed by atoms with Gasteiger partial charge in [0.2, 0.25) is 0 Å². The molecule has 96 valence electrons. The lowest BCUT2D eigenvalue weighted by atomic mass is 10.1. The van der Waals surface area contributed by atoms with Gasteiger partial charge in [-0.1, -0.05) is 24.6 Å². The smallest absolute Gasteiger partial charge is 0.190 e. The van der Waals surface area contributed by atoms with Crippen LogP contribution < -0.4 is 5.32 Å². The fraction of sp³-hybridized carbons (Fsp3) is 0.385. The predicted octanol–water partition coefficient (Wildman–Crippen LogP) is 2.38. The molecule has 0 fully saturated rings. The van der Waals surface area contributed by atoms with E-state index in [9.17, 15) is 0 Å². The number of benzene rings is 1. The maximum atomic E-state index is 4.25. The highest BCUT2D eigenvalue weighted by molar-refractivity contribution is 7.99. The molecule has 0 aliphatic carbocycles. The molecule has 2 rings (SSSR count). The van der Waals surface area contributed by atoms with E-state index >= 15 is 0 Å². The van der Waals surface area contributed by atoms with Gasteiger partial charge in [0.15, 0.2) is 5.16 Å². The van der Waals surface area contributed by atoms with Crippen molar-refractivity contribution in [1.82, 2.24) is 20.1 Å². The van der Waals surface area contributed by atoms with Gasteiger partial charge in [0, 0.05) is 18.5 Å². The molecule has 0 atom stereocenters. The second-order valence-corrected chi connectivity index (χ2v) is 5.17. The molecule has 18 heavy (non-hydrogen) atoms. The molecule has 4 nitrogen and oxygen atoms in total. The number of hydrogen-bond donors (Lipinski definition) is 1. The Labute approximate surface area is 112 Å². The zero-order valence-corrected chi connectivity index (χ0v) is 11.8. The Bertz CT molecular complexity index is 521. The third-order valence-corrected chi connectivity index (χ3v) is 3.82. The Morgan fingerprint density at radius 2 is 2.22 bits per heavy atom. The summed E-state index contributed by atoms with van der Waals surface area (Å²) in [5, 5.41) is 8.38. The normalized spacial score (nSPS) is 10.8. The van der Waals surface area contributed by atoms with Crippen LogP contribution in [0.15, 0.2) is 34.6 Å². The van der Waals surface area contributed by atoms with Crippen LogP contribution in [0.5, 0.6) is 0 Å². The summed E-state index contributed by atoms with van der Waals surface area (Å²) in [7, 11) is 1.91. The molecule has 0 aliphatic heterocycles. The first kappa shape index (κ1) is 13.1. The predicted molar refractivity (Wildman–Crippen MR) is 73.7 cm³/mol. The molecule has 2 aromatic rings. The molecule has 0 unspecified atom stereocenters. The lowest BCUT2D eigenvalue weighted by Gasteiger charge is -2.10. The Hall–Kier alpha value is -1.33. The van der Waals surface area contributed by atoms with Gasteiger partial charge >= 0.3 is 0 Å². The second-order valence-electron chi connectivity index (χ2n) is 4.16. The average molecular weight is 262 g/mol. The standard InChI is InChI=1S/C13H18N4S/c1-4-14-8-11-7-10(2)5-6-12(11)18-13-15-9-16-17(13)3/h5-7,9,14H,4,8H2,1-3H3. The Morgan fingerprint density at radius 3 is 2.89 bits per heavy atom. The minimum atomic E-state index is 0.887.